The molecule has 7 nitrogen and oxygen atoms in total. The van der Waals surface area contributed by atoms with Crippen molar-refractivity contribution in [3.8, 4) is 17.2 Å². The van der Waals surface area contributed by atoms with Gasteiger partial charge in [-0.1, -0.05) is 31.5 Å². The van der Waals surface area contributed by atoms with Crippen LogP contribution in [-0.4, -0.2) is 40.4 Å². The third-order valence-electron chi connectivity index (χ3n) is 11.6. The molecule has 8 heteroatoms. The van der Waals surface area contributed by atoms with Gasteiger partial charge in [0.1, 0.15) is 23.5 Å². The summed E-state index contributed by atoms with van der Waals surface area (Å²) in [6, 6.07) is 13.8. The third-order valence-corrected chi connectivity index (χ3v) is 11.9. The molecule has 3 aliphatic carbocycles. The SMILES string of the molecule is C[C@@H](COc1ccnc2c1[C@H](C)CCC2)C[C@H]1Cc2cc3c(cc2C12CCC(Nc1cccc(Cl)c1)(C(=O)O)CC2)O[C@@H](C)[C@H](C)O3. The lowest BCUT2D eigenvalue weighted by atomic mass is 9.59. The highest BCUT2D eigenvalue weighted by atomic mass is 35.5. The topological polar surface area (TPSA) is 89.9 Å². The Labute approximate surface area is 283 Å². The lowest BCUT2D eigenvalue weighted by molar-refractivity contribution is -0.144. The number of fused-ring (bicyclic) bond motifs is 4. The van der Waals surface area contributed by atoms with Gasteiger partial charge in [-0.05, 0) is 142 Å². The van der Waals surface area contributed by atoms with Crippen molar-refractivity contribution in [2.75, 3.05) is 11.9 Å². The Balaban J connectivity index is 1.16. The number of pyridine rings is 1. The smallest absolute Gasteiger partial charge is 0.329 e. The van der Waals surface area contributed by atoms with Gasteiger partial charge < -0.3 is 24.6 Å². The van der Waals surface area contributed by atoms with Crippen molar-refractivity contribution in [3.05, 3.63) is 76.1 Å². The van der Waals surface area contributed by atoms with Crippen molar-refractivity contribution in [2.24, 2.45) is 11.8 Å². The van der Waals surface area contributed by atoms with E-state index in [4.69, 9.17) is 25.8 Å². The van der Waals surface area contributed by atoms with Crippen LogP contribution in [0.2, 0.25) is 5.02 Å². The summed E-state index contributed by atoms with van der Waals surface area (Å²) >= 11 is 6.27. The monoisotopic (exact) mass is 658 g/mol. The first kappa shape index (κ1) is 32.1. The van der Waals surface area contributed by atoms with Gasteiger partial charge in [-0.25, -0.2) is 4.79 Å². The number of carbonyl (C=O) groups is 1. The second kappa shape index (κ2) is 12.5. The van der Waals surface area contributed by atoms with E-state index < -0.39 is 11.5 Å². The molecule has 4 aliphatic rings. The number of nitrogens with one attached hydrogen (secondary N) is 1. The standard InChI is InChI=1S/C39H47ClN2O5/c1-23(22-45-33-11-16-41-32-10-5-7-24(2)36(32)33)17-28-18-27-19-34-35(47-26(4)25(3)46-34)21-31(27)38(28)12-14-39(15-13-38,37(43)44)42-30-9-6-8-29(40)20-30/h6,8-9,11,16,19-21,23-26,28,42H,5,7,10,12-15,17-18,22H2,1-4H3,(H,43,44)/t23-,24-,25+,26+,28+,38?,39?/m1/s1. The molecule has 0 unspecified atom stereocenters. The van der Waals surface area contributed by atoms with E-state index in [1.54, 1.807) is 12.1 Å². The lowest BCUT2D eigenvalue weighted by Gasteiger charge is -2.47. The minimum Gasteiger partial charge on any atom is -0.493 e. The molecule has 2 aromatic carbocycles. The van der Waals surface area contributed by atoms with Gasteiger partial charge in [0.2, 0.25) is 0 Å². The van der Waals surface area contributed by atoms with Crippen LogP contribution < -0.4 is 19.5 Å². The molecule has 1 fully saturated rings. The zero-order valence-corrected chi connectivity index (χ0v) is 28.7. The second-order valence-electron chi connectivity index (χ2n) is 14.8. The van der Waals surface area contributed by atoms with E-state index in [1.807, 2.05) is 38.2 Å². The zero-order chi connectivity index (χ0) is 32.9. The number of aryl methyl sites for hydroxylation is 1. The third kappa shape index (κ3) is 5.94. The summed E-state index contributed by atoms with van der Waals surface area (Å²) < 4.78 is 19.2. The summed E-state index contributed by atoms with van der Waals surface area (Å²) in [7, 11) is 0. The van der Waals surface area contributed by atoms with Crippen molar-refractivity contribution in [2.45, 2.75) is 115 Å². The molecule has 0 amide bonds. The Kier molecular flexibility index (Phi) is 8.57. The molecule has 7 rings (SSSR count). The zero-order valence-electron chi connectivity index (χ0n) is 28.0. The van der Waals surface area contributed by atoms with E-state index >= 15 is 0 Å². The van der Waals surface area contributed by atoms with E-state index in [-0.39, 0.29) is 17.6 Å². The van der Waals surface area contributed by atoms with E-state index in [9.17, 15) is 9.90 Å². The molecule has 1 saturated carbocycles. The number of anilines is 1. The average molecular weight is 659 g/mol. The minimum atomic E-state index is -1.06. The Morgan fingerprint density at radius 1 is 1.09 bits per heavy atom. The van der Waals surface area contributed by atoms with Crippen molar-refractivity contribution < 1.29 is 24.1 Å². The number of nitrogens with zero attached hydrogens (tertiary/aromatic N) is 1. The first-order valence-corrected chi connectivity index (χ1v) is 17.8. The molecular formula is C39H47ClN2O5. The Hall–Kier alpha value is -3.45. The number of aromatic nitrogens is 1. The van der Waals surface area contributed by atoms with Crippen LogP contribution in [0.5, 0.6) is 17.2 Å². The van der Waals surface area contributed by atoms with E-state index in [0.717, 1.165) is 55.0 Å². The van der Waals surface area contributed by atoms with Gasteiger partial charge in [-0.3, -0.25) is 4.98 Å². The maximum absolute atomic E-state index is 12.9. The van der Waals surface area contributed by atoms with Crippen molar-refractivity contribution in [3.63, 3.8) is 0 Å². The highest BCUT2D eigenvalue weighted by molar-refractivity contribution is 6.30. The van der Waals surface area contributed by atoms with Crippen LogP contribution in [-0.2, 0) is 23.1 Å². The highest BCUT2D eigenvalue weighted by Gasteiger charge is 2.54. The number of halogens is 1. The Bertz CT molecular complexity index is 1650. The summed E-state index contributed by atoms with van der Waals surface area (Å²) in [4.78, 5) is 17.6. The average Bonchev–Trinajstić information content (AvgIpc) is 3.31. The van der Waals surface area contributed by atoms with Crippen molar-refractivity contribution in [1.29, 1.82) is 0 Å². The maximum Gasteiger partial charge on any atom is 0.329 e. The van der Waals surface area contributed by atoms with Crippen LogP contribution in [0.1, 0.15) is 101 Å². The molecule has 1 spiro atoms. The van der Waals surface area contributed by atoms with E-state index in [2.05, 4.69) is 36.3 Å². The minimum absolute atomic E-state index is 0.0195. The van der Waals surface area contributed by atoms with E-state index in [1.165, 1.54) is 35.2 Å². The van der Waals surface area contributed by atoms with Gasteiger partial charge in [0.05, 0.1) is 6.61 Å². The first-order valence-electron chi connectivity index (χ1n) is 17.5. The summed E-state index contributed by atoms with van der Waals surface area (Å²) in [5, 5.41) is 14.6. The number of hydrogen-bond acceptors (Lipinski definition) is 6. The van der Waals surface area contributed by atoms with Crippen LogP contribution in [0.4, 0.5) is 5.69 Å². The number of carboxylic acids is 1. The van der Waals surface area contributed by atoms with Crippen LogP contribution in [0, 0.1) is 11.8 Å². The van der Waals surface area contributed by atoms with Gasteiger partial charge in [0.25, 0.3) is 0 Å². The maximum atomic E-state index is 12.9. The summed E-state index contributed by atoms with van der Waals surface area (Å²) in [5.74, 6) is 2.91. The van der Waals surface area contributed by atoms with Crippen LogP contribution in [0.3, 0.4) is 0 Å². The quantitative estimate of drug-likeness (QED) is 0.250. The first-order chi connectivity index (χ1) is 22.6. The molecule has 250 valence electrons. The van der Waals surface area contributed by atoms with Crippen molar-refractivity contribution >= 4 is 23.3 Å². The predicted octanol–water partition coefficient (Wildman–Crippen LogP) is 8.75. The number of benzene rings is 2. The fourth-order valence-electron chi connectivity index (χ4n) is 8.89. The number of rotatable bonds is 8. The summed E-state index contributed by atoms with van der Waals surface area (Å²) in [5.41, 5.74) is 4.59. The Morgan fingerprint density at radius 3 is 2.55 bits per heavy atom. The molecule has 2 heterocycles. The van der Waals surface area contributed by atoms with Gasteiger partial charge in [-0.2, -0.15) is 0 Å². The number of carboxylic acid groups (broad SMARTS) is 1. The number of ether oxygens (including phenoxy) is 3. The fourth-order valence-corrected chi connectivity index (χ4v) is 9.08. The molecule has 47 heavy (non-hydrogen) atoms. The van der Waals surface area contributed by atoms with E-state index in [0.29, 0.717) is 42.2 Å². The molecule has 1 aromatic heterocycles. The predicted molar refractivity (Wildman–Crippen MR) is 184 cm³/mol. The molecule has 3 aromatic rings. The van der Waals surface area contributed by atoms with Crippen LogP contribution >= 0.6 is 11.6 Å². The van der Waals surface area contributed by atoms with Crippen LogP contribution in [0.25, 0.3) is 0 Å². The molecule has 2 N–H and O–H groups in total. The lowest BCUT2D eigenvalue weighted by Crippen LogP contribution is -2.53. The summed E-state index contributed by atoms with van der Waals surface area (Å²) in [6.07, 6.45) is 9.68. The van der Waals surface area contributed by atoms with Crippen LogP contribution in [0.15, 0.2) is 48.7 Å². The highest BCUT2D eigenvalue weighted by Crippen LogP contribution is 2.58. The summed E-state index contributed by atoms with van der Waals surface area (Å²) in [6.45, 7) is 9.31. The normalized spacial score (nSPS) is 29.9. The molecule has 5 atom stereocenters. The van der Waals surface area contributed by atoms with Gasteiger partial charge in [0.15, 0.2) is 11.5 Å². The number of hydrogen-bond donors (Lipinski definition) is 2. The largest absolute Gasteiger partial charge is 0.493 e. The molecule has 0 bridgehead atoms. The number of aliphatic carboxylic acids is 1. The Morgan fingerprint density at radius 2 is 1.83 bits per heavy atom. The van der Waals surface area contributed by atoms with Gasteiger partial charge in [0, 0.05) is 28.2 Å². The molecule has 0 saturated heterocycles. The van der Waals surface area contributed by atoms with Gasteiger partial charge >= 0.3 is 5.97 Å². The molecule has 1 aliphatic heterocycles. The molecule has 0 radical (unpaired) electrons. The van der Waals surface area contributed by atoms with Crippen molar-refractivity contribution in [1.82, 2.24) is 4.98 Å². The second-order valence-corrected chi connectivity index (χ2v) is 15.2. The molecular weight excluding hydrogens is 612 g/mol. The fraction of sp³-hybridized carbons (Fsp3) is 0.538. The van der Waals surface area contributed by atoms with Gasteiger partial charge in [-0.15, -0.1) is 0 Å².